The SMILES string of the molecule is CNC(=O)c1cn(C)c2cc(C)ccc12. The predicted octanol–water partition coefficient (Wildman–Crippen LogP) is 1.85. The zero-order valence-corrected chi connectivity index (χ0v) is 9.16. The minimum absolute atomic E-state index is 0.0375. The summed E-state index contributed by atoms with van der Waals surface area (Å²) in [6.45, 7) is 2.05. The van der Waals surface area contributed by atoms with Crippen LogP contribution >= 0.6 is 0 Å². The molecule has 2 rings (SSSR count). The monoisotopic (exact) mass is 202 g/mol. The van der Waals surface area contributed by atoms with Gasteiger partial charge in [-0.3, -0.25) is 4.79 Å². The fraction of sp³-hybridized carbons (Fsp3) is 0.250. The van der Waals surface area contributed by atoms with Crippen molar-refractivity contribution >= 4 is 16.8 Å². The Balaban J connectivity index is 2.73. The van der Waals surface area contributed by atoms with Gasteiger partial charge in [-0.25, -0.2) is 0 Å². The van der Waals surface area contributed by atoms with Crippen LogP contribution < -0.4 is 5.32 Å². The molecule has 1 aromatic heterocycles. The van der Waals surface area contributed by atoms with Gasteiger partial charge in [0.15, 0.2) is 0 Å². The van der Waals surface area contributed by atoms with E-state index in [4.69, 9.17) is 0 Å². The molecule has 1 amide bonds. The maximum atomic E-state index is 11.6. The Morgan fingerprint density at radius 2 is 2.13 bits per heavy atom. The maximum Gasteiger partial charge on any atom is 0.253 e. The van der Waals surface area contributed by atoms with Gasteiger partial charge in [0, 0.05) is 31.2 Å². The molecule has 0 radical (unpaired) electrons. The summed E-state index contributed by atoms with van der Waals surface area (Å²) >= 11 is 0. The molecule has 0 aliphatic rings. The smallest absolute Gasteiger partial charge is 0.253 e. The molecule has 0 atom stereocenters. The average Bonchev–Trinajstić information content (AvgIpc) is 2.55. The first-order valence-corrected chi connectivity index (χ1v) is 4.91. The van der Waals surface area contributed by atoms with Gasteiger partial charge in [0.1, 0.15) is 0 Å². The van der Waals surface area contributed by atoms with E-state index in [0.29, 0.717) is 0 Å². The molecule has 3 heteroatoms. The summed E-state index contributed by atoms with van der Waals surface area (Å²) in [5.41, 5.74) is 3.02. The van der Waals surface area contributed by atoms with Crippen LogP contribution in [0.2, 0.25) is 0 Å². The van der Waals surface area contributed by atoms with Gasteiger partial charge >= 0.3 is 0 Å². The molecule has 0 unspecified atom stereocenters. The Hall–Kier alpha value is -1.77. The van der Waals surface area contributed by atoms with Gasteiger partial charge in [0.05, 0.1) is 5.56 Å². The highest BCUT2D eigenvalue weighted by molar-refractivity contribution is 6.06. The molecule has 0 fully saturated rings. The zero-order chi connectivity index (χ0) is 11.0. The highest BCUT2D eigenvalue weighted by Crippen LogP contribution is 2.21. The number of fused-ring (bicyclic) bond motifs is 1. The van der Waals surface area contributed by atoms with E-state index in [2.05, 4.69) is 11.4 Å². The van der Waals surface area contributed by atoms with Crippen LogP contribution in [-0.4, -0.2) is 17.5 Å². The number of benzene rings is 1. The molecule has 0 saturated heterocycles. The van der Waals surface area contributed by atoms with Crippen LogP contribution in [0.15, 0.2) is 24.4 Å². The Morgan fingerprint density at radius 1 is 1.40 bits per heavy atom. The molecule has 3 nitrogen and oxygen atoms in total. The number of aromatic nitrogens is 1. The molecule has 0 aliphatic carbocycles. The normalized spacial score (nSPS) is 10.6. The summed E-state index contributed by atoms with van der Waals surface area (Å²) in [5, 5.41) is 3.65. The third kappa shape index (κ3) is 1.50. The summed E-state index contributed by atoms with van der Waals surface area (Å²) < 4.78 is 1.98. The molecule has 1 aromatic carbocycles. The lowest BCUT2D eigenvalue weighted by molar-refractivity contribution is 0.0964. The Labute approximate surface area is 88.7 Å². The standard InChI is InChI=1S/C12H14N2O/c1-8-4-5-9-10(12(15)13-2)7-14(3)11(9)6-8/h4-7H,1-3H3,(H,13,15). The van der Waals surface area contributed by atoms with Gasteiger partial charge in [0.2, 0.25) is 0 Å². The second-order valence-electron chi connectivity index (χ2n) is 3.75. The third-order valence-corrected chi connectivity index (χ3v) is 2.62. The van der Waals surface area contributed by atoms with E-state index in [0.717, 1.165) is 16.5 Å². The van der Waals surface area contributed by atoms with E-state index in [1.807, 2.05) is 36.9 Å². The molecule has 2 aromatic rings. The van der Waals surface area contributed by atoms with Crippen molar-refractivity contribution in [2.24, 2.45) is 7.05 Å². The lowest BCUT2D eigenvalue weighted by Crippen LogP contribution is -2.17. The lowest BCUT2D eigenvalue weighted by Gasteiger charge is -1.98. The van der Waals surface area contributed by atoms with Crippen molar-refractivity contribution in [1.29, 1.82) is 0 Å². The van der Waals surface area contributed by atoms with Gasteiger partial charge in [-0.15, -0.1) is 0 Å². The quantitative estimate of drug-likeness (QED) is 0.752. The molecule has 1 N–H and O–H groups in total. The van der Waals surface area contributed by atoms with Crippen LogP contribution in [0.1, 0.15) is 15.9 Å². The highest BCUT2D eigenvalue weighted by atomic mass is 16.1. The van der Waals surface area contributed by atoms with Crippen molar-refractivity contribution in [3.63, 3.8) is 0 Å². The summed E-state index contributed by atoms with van der Waals surface area (Å²) in [7, 11) is 3.60. The fourth-order valence-electron chi connectivity index (χ4n) is 1.81. The topological polar surface area (TPSA) is 34.0 Å². The van der Waals surface area contributed by atoms with Crippen molar-refractivity contribution in [2.75, 3.05) is 7.05 Å². The highest BCUT2D eigenvalue weighted by Gasteiger charge is 2.11. The predicted molar refractivity (Wildman–Crippen MR) is 61.0 cm³/mol. The van der Waals surface area contributed by atoms with Crippen LogP contribution in [0.5, 0.6) is 0 Å². The first-order valence-electron chi connectivity index (χ1n) is 4.91. The number of hydrogen-bond donors (Lipinski definition) is 1. The number of carbonyl (C=O) groups excluding carboxylic acids is 1. The minimum atomic E-state index is -0.0375. The van der Waals surface area contributed by atoms with Crippen LogP contribution in [0.25, 0.3) is 10.9 Å². The number of nitrogens with one attached hydrogen (secondary N) is 1. The second kappa shape index (κ2) is 3.42. The van der Waals surface area contributed by atoms with E-state index in [-0.39, 0.29) is 5.91 Å². The molecular formula is C12H14N2O. The van der Waals surface area contributed by atoms with Crippen molar-refractivity contribution < 1.29 is 4.79 Å². The van der Waals surface area contributed by atoms with Gasteiger partial charge in [-0.1, -0.05) is 12.1 Å². The van der Waals surface area contributed by atoms with Crippen molar-refractivity contribution in [2.45, 2.75) is 6.92 Å². The van der Waals surface area contributed by atoms with Crippen LogP contribution in [-0.2, 0) is 7.05 Å². The fourth-order valence-corrected chi connectivity index (χ4v) is 1.81. The molecule has 0 bridgehead atoms. The van der Waals surface area contributed by atoms with E-state index in [1.54, 1.807) is 7.05 Å². The summed E-state index contributed by atoms with van der Waals surface area (Å²) in [5.74, 6) is -0.0375. The average molecular weight is 202 g/mol. The number of aryl methyl sites for hydroxylation is 2. The molecule has 0 spiro atoms. The van der Waals surface area contributed by atoms with Crippen molar-refractivity contribution in [3.05, 3.63) is 35.5 Å². The molecular weight excluding hydrogens is 188 g/mol. The first-order chi connectivity index (χ1) is 7.13. The van der Waals surface area contributed by atoms with Crippen LogP contribution in [0.4, 0.5) is 0 Å². The summed E-state index contributed by atoms with van der Waals surface area (Å²) in [6, 6.07) is 6.10. The molecule has 0 saturated carbocycles. The summed E-state index contributed by atoms with van der Waals surface area (Å²) in [6.07, 6.45) is 1.86. The maximum absolute atomic E-state index is 11.6. The molecule has 78 valence electrons. The van der Waals surface area contributed by atoms with Crippen molar-refractivity contribution in [3.8, 4) is 0 Å². The van der Waals surface area contributed by atoms with E-state index >= 15 is 0 Å². The van der Waals surface area contributed by atoms with E-state index in [1.165, 1.54) is 5.56 Å². The van der Waals surface area contributed by atoms with Crippen molar-refractivity contribution in [1.82, 2.24) is 9.88 Å². The van der Waals surface area contributed by atoms with Gasteiger partial charge in [0.25, 0.3) is 5.91 Å². The Bertz CT molecular complexity index is 526. The van der Waals surface area contributed by atoms with Gasteiger partial charge in [-0.05, 0) is 18.6 Å². The second-order valence-corrected chi connectivity index (χ2v) is 3.75. The number of nitrogens with zero attached hydrogens (tertiary/aromatic N) is 1. The Kier molecular flexibility index (Phi) is 2.23. The first kappa shape index (κ1) is 9.77. The summed E-state index contributed by atoms with van der Waals surface area (Å²) in [4.78, 5) is 11.6. The largest absolute Gasteiger partial charge is 0.355 e. The molecule has 0 aliphatic heterocycles. The minimum Gasteiger partial charge on any atom is -0.355 e. The lowest BCUT2D eigenvalue weighted by atomic mass is 10.1. The number of carbonyl (C=O) groups is 1. The number of hydrogen-bond acceptors (Lipinski definition) is 1. The number of amides is 1. The zero-order valence-electron chi connectivity index (χ0n) is 9.16. The van der Waals surface area contributed by atoms with Gasteiger partial charge < -0.3 is 9.88 Å². The Morgan fingerprint density at radius 3 is 2.80 bits per heavy atom. The molecule has 15 heavy (non-hydrogen) atoms. The van der Waals surface area contributed by atoms with E-state index in [9.17, 15) is 4.79 Å². The van der Waals surface area contributed by atoms with E-state index < -0.39 is 0 Å². The van der Waals surface area contributed by atoms with Crippen LogP contribution in [0, 0.1) is 6.92 Å². The third-order valence-electron chi connectivity index (χ3n) is 2.62. The van der Waals surface area contributed by atoms with Crippen LogP contribution in [0.3, 0.4) is 0 Å². The molecule has 1 heterocycles. The number of rotatable bonds is 1. The van der Waals surface area contributed by atoms with Gasteiger partial charge in [-0.2, -0.15) is 0 Å².